The standard InChI is InChI=1S/C18H22F3N3O5/c1-4-6-8-29-18(26)11(9-23-22-7-5-2)17(25)12-13(19)10(3)14(20)15(21)16(12)24(27)28/h9,22-23H,4-8H2,1-3H3/b11-9+. The van der Waals surface area contributed by atoms with E-state index < -0.39 is 56.5 Å². The van der Waals surface area contributed by atoms with Gasteiger partial charge in [0.1, 0.15) is 17.0 Å². The zero-order chi connectivity index (χ0) is 22.1. The number of ether oxygens (including phenoxy) is 1. The first-order valence-corrected chi connectivity index (χ1v) is 8.90. The summed E-state index contributed by atoms with van der Waals surface area (Å²) in [5.74, 6) is -8.11. The molecule has 8 nitrogen and oxygen atoms in total. The number of esters is 1. The van der Waals surface area contributed by atoms with Crippen LogP contribution in [0.2, 0.25) is 0 Å². The molecule has 0 amide bonds. The minimum absolute atomic E-state index is 0.0519. The fourth-order valence-electron chi connectivity index (χ4n) is 2.20. The number of rotatable bonds is 11. The lowest BCUT2D eigenvalue weighted by Crippen LogP contribution is -2.30. The van der Waals surface area contributed by atoms with Gasteiger partial charge in [0.15, 0.2) is 5.82 Å². The summed E-state index contributed by atoms with van der Waals surface area (Å²) in [6.45, 7) is 4.87. The quantitative estimate of drug-likeness (QED) is 0.0654. The molecule has 0 atom stereocenters. The number of Topliss-reactive ketones (excluding diaryl/α,β-unsaturated/α-hetero) is 1. The van der Waals surface area contributed by atoms with Gasteiger partial charge in [0.25, 0.3) is 0 Å². The van der Waals surface area contributed by atoms with Gasteiger partial charge in [-0.3, -0.25) is 14.9 Å². The van der Waals surface area contributed by atoms with Crippen LogP contribution in [0.3, 0.4) is 0 Å². The first-order valence-electron chi connectivity index (χ1n) is 8.90. The Morgan fingerprint density at radius 1 is 1.14 bits per heavy atom. The van der Waals surface area contributed by atoms with Gasteiger partial charge in [-0.05, 0) is 19.8 Å². The molecule has 0 spiro atoms. The molecule has 0 bridgehead atoms. The number of carbonyl (C=O) groups is 2. The molecule has 0 aromatic heterocycles. The molecule has 1 aromatic rings. The molecule has 0 aliphatic carbocycles. The van der Waals surface area contributed by atoms with Gasteiger partial charge in [-0.15, -0.1) is 0 Å². The lowest BCUT2D eigenvalue weighted by molar-refractivity contribution is -0.388. The molecule has 29 heavy (non-hydrogen) atoms. The topological polar surface area (TPSA) is 111 Å². The minimum atomic E-state index is -1.99. The van der Waals surface area contributed by atoms with Crippen LogP contribution in [-0.2, 0) is 9.53 Å². The number of ketones is 1. The predicted molar refractivity (Wildman–Crippen MR) is 97.4 cm³/mol. The lowest BCUT2D eigenvalue weighted by atomic mass is 9.98. The van der Waals surface area contributed by atoms with Crippen LogP contribution in [0.15, 0.2) is 11.8 Å². The van der Waals surface area contributed by atoms with Crippen molar-refractivity contribution in [1.82, 2.24) is 10.9 Å². The Bertz CT molecular complexity index is 828. The summed E-state index contributed by atoms with van der Waals surface area (Å²) < 4.78 is 47.3. The summed E-state index contributed by atoms with van der Waals surface area (Å²) in [7, 11) is 0. The van der Waals surface area contributed by atoms with E-state index in [-0.39, 0.29) is 6.61 Å². The molecule has 0 aliphatic heterocycles. The molecular weight excluding hydrogens is 395 g/mol. The van der Waals surface area contributed by atoms with Crippen molar-refractivity contribution in [2.45, 2.75) is 40.0 Å². The third-order valence-electron chi connectivity index (χ3n) is 3.81. The highest BCUT2D eigenvalue weighted by atomic mass is 19.2. The van der Waals surface area contributed by atoms with Crippen LogP contribution in [-0.4, -0.2) is 29.8 Å². The van der Waals surface area contributed by atoms with Crippen LogP contribution in [0.5, 0.6) is 0 Å². The van der Waals surface area contributed by atoms with Gasteiger partial charge >= 0.3 is 11.7 Å². The van der Waals surface area contributed by atoms with E-state index in [0.29, 0.717) is 25.8 Å². The smallest absolute Gasteiger partial charge is 0.343 e. The van der Waals surface area contributed by atoms with Crippen molar-refractivity contribution in [3.63, 3.8) is 0 Å². The number of nitrogens with one attached hydrogen (secondary N) is 2. The summed E-state index contributed by atoms with van der Waals surface area (Å²) >= 11 is 0. The summed E-state index contributed by atoms with van der Waals surface area (Å²) in [6.07, 6.45) is 2.69. The van der Waals surface area contributed by atoms with E-state index >= 15 is 0 Å². The number of halogens is 3. The predicted octanol–water partition coefficient (Wildman–Crippen LogP) is 3.23. The molecular formula is C18H22F3N3O5. The third kappa shape index (κ3) is 5.76. The number of hydrazine groups is 1. The number of hydrogen-bond donors (Lipinski definition) is 2. The number of benzene rings is 1. The summed E-state index contributed by atoms with van der Waals surface area (Å²) in [5, 5.41) is 11.2. The minimum Gasteiger partial charge on any atom is -0.462 e. The molecule has 0 unspecified atom stereocenters. The van der Waals surface area contributed by atoms with Crippen molar-refractivity contribution >= 4 is 17.4 Å². The number of carbonyl (C=O) groups excluding carboxylic acids is 2. The Morgan fingerprint density at radius 3 is 2.34 bits per heavy atom. The summed E-state index contributed by atoms with van der Waals surface area (Å²) in [5.41, 5.74) is 0.272. The van der Waals surface area contributed by atoms with Crippen LogP contribution in [0.1, 0.15) is 49.0 Å². The molecule has 1 aromatic carbocycles. The Hall–Kier alpha value is -2.95. The van der Waals surface area contributed by atoms with E-state index in [1.807, 2.05) is 13.8 Å². The highest BCUT2D eigenvalue weighted by molar-refractivity contribution is 6.25. The Kier molecular flexibility index (Phi) is 9.26. The highest BCUT2D eigenvalue weighted by Crippen LogP contribution is 2.32. The van der Waals surface area contributed by atoms with E-state index in [1.165, 1.54) is 0 Å². The van der Waals surface area contributed by atoms with Crippen LogP contribution < -0.4 is 10.9 Å². The third-order valence-corrected chi connectivity index (χ3v) is 3.81. The molecule has 2 N–H and O–H groups in total. The van der Waals surface area contributed by atoms with Crippen molar-refractivity contribution in [2.24, 2.45) is 0 Å². The molecule has 0 fully saturated rings. The molecule has 0 aliphatic rings. The monoisotopic (exact) mass is 417 g/mol. The van der Waals surface area contributed by atoms with Gasteiger partial charge in [0.2, 0.25) is 11.6 Å². The number of unbranched alkanes of at least 4 members (excludes halogenated alkanes) is 1. The Morgan fingerprint density at radius 2 is 1.79 bits per heavy atom. The summed E-state index contributed by atoms with van der Waals surface area (Å²) in [6, 6.07) is 0. The molecule has 0 radical (unpaired) electrons. The number of nitro benzene ring substituents is 1. The van der Waals surface area contributed by atoms with Gasteiger partial charge in [-0.1, -0.05) is 20.3 Å². The van der Waals surface area contributed by atoms with Crippen molar-refractivity contribution in [1.29, 1.82) is 0 Å². The zero-order valence-electron chi connectivity index (χ0n) is 16.2. The Labute approximate surface area is 165 Å². The number of nitro groups is 1. The van der Waals surface area contributed by atoms with Crippen molar-refractivity contribution in [3.05, 3.63) is 50.5 Å². The van der Waals surface area contributed by atoms with E-state index in [4.69, 9.17) is 4.74 Å². The van der Waals surface area contributed by atoms with E-state index in [2.05, 4.69) is 10.9 Å². The second kappa shape index (κ2) is 11.1. The first-order chi connectivity index (χ1) is 13.7. The first kappa shape index (κ1) is 24.1. The van der Waals surface area contributed by atoms with Gasteiger partial charge in [-0.2, -0.15) is 4.39 Å². The van der Waals surface area contributed by atoms with Gasteiger partial charge in [0.05, 0.1) is 11.5 Å². The van der Waals surface area contributed by atoms with Gasteiger partial charge in [0, 0.05) is 18.3 Å². The van der Waals surface area contributed by atoms with Gasteiger partial charge < -0.3 is 10.2 Å². The fourth-order valence-corrected chi connectivity index (χ4v) is 2.20. The molecule has 11 heteroatoms. The SMILES string of the molecule is CCCCOC(=O)/C(=C/NNCCC)C(=O)c1c(F)c(C)c(F)c(F)c1[N+](=O)[O-]. The molecule has 0 saturated heterocycles. The maximum Gasteiger partial charge on any atom is 0.343 e. The molecule has 160 valence electrons. The van der Waals surface area contributed by atoms with Crippen LogP contribution in [0, 0.1) is 34.5 Å². The van der Waals surface area contributed by atoms with Crippen molar-refractivity contribution < 1.29 is 32.4 Å². The van der Waals surface area contributed by atoms with Crippen molar-refractivity contribution in [2.75, 3.05) is 13.2 Å². The maximum atomic E-state index is 14.5. The van der Waals surface area contributed by atoms with Gasteiger partial charge in [-0.25, -0.2) is 19.0 Å². The number of hydrogen-bond acceptors (Lipinski definition) is 7. The van der Waals surface area contributed by atoms with Crippen molar-refractivity contribution in [3.8, 4) is 0 Å². The lowest BCUT2D eigenvalue weighted by Gasteiger charge is -2.12. The van der Waals surface area contributed by atoms with E-state index in [9.17, 15) is 32.9 Å². The average molecular weight is 417 g/mol. The number of nitrogens with zero attached hydrogens (tertiary/aromatic N) is 1. The summed E-state index contributed by atoms with van der Waals surface area (Å²) in [4.78, 5) is 34.8. The largest absolute Gasteiger partial charge is 0.462 e. The maximum absolute atomic E-state index is 14.5. The molecule has 0 saturated carbocycles. The van der Waals surface area contributed by atoms with Crippen LogP contribution in [0.4, 0.5) is 18.9 Å². The van der Waals surface area contributed by atoms with Crippen LogP contribution in [0.25, 0.3) is 0 Å². The normalized spacial score (nSPS) is 11.3. The highest BCUT2D eigenvalue weighted by Gasteiger charge is 2.37. The fraction of sp³-hybridized carbons (Fsp3) is 0.444. The van der Waals surface area contributed by atoms with E-state index in [1.54, 1.807) is 0 Å². The average Bonchev–Trinajstić information content (AvgIpc) is 2.68. The van der Waals surface area contributed by atoms with Crippen LogP contribution >= 0.6 is 0 Å². The second-order valence-electron chi connectivity index (χ2n) is 6.00. The molecule has 0 heterocycles. The Balaban J connectivity index is 3.49. The van der Waals surface area contributed by atoms with E-state index in [0.717, 1.165) is 13.1 Å². The zero-order valence-corrected chi connectivity index (χ0v) is 16.2. The molecule has 1 rings (SSSR count). The second-order valence-corrected chi connectivity index (χ2v) is 6.00.